The van der Waals surface area contributed by atoms with Crippen molar-refractivity contribution in [2.75, 3.05) is 13.1 Å². The number of nitrogens with zero attached hydrogens (tertiary/aromatic N) is 4. The zero-order chi connectivity index (χ0) is 22.8. The first-order valence-electron chi connectivity index (χ1n) is 10.9. The fraction of sp³-hybridized carbons (Fsp3) is 0.240. The number of aromatic nitrogens is 3. The molecule has 1 amide bonds. The summed E-state index contributed by atoms with van der Waals surface area (Å²) >= 11 is 4.78. The summed E-state index contributed by atoms with van der Waals surface area (Å²) in [6.45, 7) is 1.84. The van der Waals surface area contributed by atoms with E-state index in [-0.39, 0.29) is 16.7 Å². The normalized spacial score (nSPS) is 15.0. The van der Waals surface area contributed by atoms with Gasteiger partial charge in [-0.2, -0.15) is 0 Å². The summed E-state index contributed by atoms with van der Waals surface area (Å²) in [4.78, 5) is 31.8. The summed E-state index contributed by atoms with van der Waals surface area (Å²) in [5.74, 6) is 1.27. The van der Waals surface area contributed by atoms with Gasteiger partial charge in [0.25, 0.3) is 0 Å². The minimum absolute atomic E-state index is 0.0313. The molecule has 2 aromatic carbocycles. The number of para-hydroxylation sites is 1. The quantitative estimate of drug-likeness (QED) is 0.348. The Labute approximate surface area is 203 Å². The number of likely N-dealkylation sites (tertiary alicyclic amines) is 1. The molecule has 0 saturated carbocycles. The van der Waals surface area contributed by atoms with Crippen molar-refractivity contribution in [3.63, 3.8) is 0 Å². The maximum atomic E-state index is 12.7. The first kappa shape index (κ1) is 21.9. The second-order valence-corrected chi connectivity index (χ2v) is 9.96. The van der Waals surface area contributed by atoms with Crippen LogP contribution in [0.4, 0.5) is 0 Å². The van der Waals surface area contributed by atoms with Gasteiger partial charge in [0.2, 0.25) is 5.91 Å². The van der Waals surface area contributed by atoms with Gasteiger partial charge in [0, 0.05) is 41.9 Å². The number of benzene rings is 2. The predicted molar refractivity (Wildman–Crippen MR) is 135 cm³/mol. The van der Waals surface area contributed by atoms with E-state index in [1.54, 1.807) is 16.8 Å². The van der Waals surface area contributed by atoms with Gasteiger partial charge in [0.15, 0.2) is 0 Å². The molecule has 0 unspecified atom stereocenters. The average molecular weight is 523 g/mol. The van der Waals surface area contributed by atoms with E-state index in [1.807, 2.05) is 65.7 Å². The molecule has 1 aliphatic rings. The van der Waals surface area contributed by atoms with Crippen molar-refractivity contribution in [1.82, 2.24) is 19.0 Å². The van der Waals surface area contributed by atoms with Gasteiger partial charge in [0.1, 0.15) is 12.5 Å². The molecule has 0 bridgehead atoms. The second kappa shape index (κ2) is 9.49. The van der Waals surface area contributed by atoms with Crippen LogP contribution in [0.5, 0.6) is 0 Å². The van der Waals surface area contributed by atoms with E-state index in [0.717, 1.165) is 38.9 Å². The van der Waals surface area contributed by atoms with E-state index in [0.29, 0.717) is 19.8 Å². The van der Waals surface area contributed by atoms with E-state index < -0.39 is 0 Å². The summed E-state index contributed by atoms with van der Waals surface area (Å²) in [7, 11) is 0. The number of fused-ring (bicyclic) bond motifs is 1. The number of piperidine rings is 1. The number of carbonyl (C=O) groups is 1. The highest BCUT2D eigenvalue weighted by atomic mass is 79.9. The van der Waals surface area contributed by atoms with Crippen LogP contribution in [0.25, 0.3) is 16.3 Å². The summed E-state index contributed by atoms with van der Waals surface area (Å²) in [6.07, 6.45) is 8.94. The number of halogens is 1. The van der Waals surface area contributed by atoms with Gasteiger partial charge >= 0.3 is 4.87 Å². The van der Waals surface area contributed by atoms with Crippen molar-refractivity contribution in [3.8, 4) is 0 Å². The Morgan fingerprint density at radius 2 is 1.88 bits per heavy atom. The first-order valence-corrected chi connectivity index (χ1v) is 12.5. The van der Waals surface area contributed by atoms with E-state index in [1.165, 1.54) is 11.3 Å². The number of thiazole rings is 1. The smallest absolute Gasteiger partial charge is 0.309 e. The minimum Gasteiger partial charge on any atom is -0.339 e. The highest BCUT2D eigenvalue weighted by Gasteiger charge is 2.26. The van der Waals surface area contributed by atoms with Gasteiger partial charge in [-0.15, -0.1) is 0 Å². The number of carbonyl (C=O) groups excluding carboxylic acids is 1. The van der Waals surface area contributed by atoms with Gasteiger partial charge < -0.3 is 9.47 Å². The number of imidazole rings is 1. The van der Waals surface area contributed by atoms with Crippen molar-refractivity contribution in [2.45, 2.75) is 25.4 Å². The fourth-order valence-electron chi connectivity index (χ4n) is 4.34. The number of hydrogen-bond acceptors (Lipinski definition) is 4. The van der Waals surface area contributed by atoms with Crippen LogP contribution in [-0.2, 0) is 11.5 Å². The molecular formula is C25H23BrN4O2S. The van der Waals surface area contributed by atoms with Gasteiger partial charge in [-0.05, 0) is 42.7 Å². The Morgan fingerprint density at radius 3 is 2.70 bits per heavy atom. The third-order valence-corrected chi connectivity index (χ3v) is 7.78. The maximum Gasteiger partial charge on any atom is 0.309 e. The lowest BCUT2D eigenvalue weighted by Gasteiger charge is -2.31. The largest absolute Gasteiger partial charge is 0.339 e. The first-order chi connectivity index (χ1) is 16.1. The van der Waals surface area contributed by atoms with Gasteiger partial charge in [-0.25, -0.2) is 4.98 Å². The molecule has 6 nitrogen and oxygen atoms in total. The molecule has 0 radical (unpaired) electrons. The molecule has 4 aromatic rings. The van der Waals surface area contributed by atoms with Crippen LogP contribution in [0.15, 0.2) is 76.3 Å². The molecule has 0 N–H and O–H groups in total. The maximum absolute atomic E-state index is 12.7. The molecule has 0 atom stereocenters. The zero-order valence-corrected chi connectivity index (χ0v) is 20.3. The van der Waals surface area contributed by atoms with Crippen molar-refractivity contribution < 1.29 is 4.79 Å². The average Bonchev–Trinajstić information content (AvgIpc) is 3.43. The molecule has 5 rings (SSSR count). The Kier molecular flexibility index (Phi) is 6.28. The molecular weight excluding hydrogens is 500 g/mol. The van der Waals surface area contributed by atoms with Crippen molar-refractivity contribution >= 4 is 49.5 Å². The van der Waals surface area contributed by atoms with Crippen LogP contribution < -0.4 is 4.87 Å². The van der Waals surface area contributed by atoms with Crippen LogP contribution in [0.2, 0.25) is 0 Å². The van der Waals surface area contributed by atoms with E-state index in [2.05, 4.69) is 25.5 Å². The fourth-order valence-corrected chi connectivity index (χ4v) is 5.64. The zero-order valence-electron chi connectivity index (χ0n) is 17.9. The molecule has 1 fully saturated rings. The van der Waals surface area contributed by atoms with Crippen LogP contribution in [0, 0.1) is 0 Å². The molecule has 1 saturated heterocycles. The van der Waals surface area contributed by atoms with Crippen LogP contribution in [0.1, 0.15) is 30.1 Å². The van der Waals surface area contributed by atoms with Crippen LogP contribution in [0.3, 0.4) is 0 Å². The predicted octanol–water partition coefficient (Wildman–Crippen LogP) is 4.95. The van der Waals surface area contributed by atoms with E-state index >= 15 is 0 Å². The Balaban J connectivity index is 1.25. The SMILES string of the molecule is O=C(C=Cc1ccccc1Br)N1CCC(c2nccn2Cn2c(=O)sc3ccccc32)CC1. The summed E-state index contributed by atoms with van der Waals surface area (Å²) in [5, 5.41) is 0. The monoisotopic (exact) mass is 522 g/mol. The van der Waals surface area contributed by atoms with Crippen molar-refractivity contribution in [2.24, 2.45) is 0 Å². The highest BCUT2D eigenvalue weighted by molar-refractivity contribution is 9.10. The molecule has 2 aromatic heterocycles. The third-order valence-electron chi connectivity index (χ3n) is 6.10. The lowest BCUT2D eigenvalue weighted by molar-refractivity contribution is -0.127. The lowest BCUT2D eigenvalue weighted by atomic mass is 9.96. The Hall–Kier alpha value is -2.97. The van der Waals surface area contributed by atoms with Crippen molar-refractivity contribution in [1.29, 1.82) is 0 Å². The Morgan fingerprint density at radius 1 is 1.12 bits per heavy atom. The van der Waals surface area contributed by atoms with E-state index in [9.17, 15) is 9.59 Å². The molecule has 1 aliphatic heterocycles. The highest BCUT2D eigenvalue weighted by Crippen LogP contribution is 2.28. The molecule has 3 heterocycles. The van der Waals surface area contributed by atoms with E-state index in [4.69, 9.17) is 0 Å². The lowest BCUT2D eigenvalue weighted by Crippen LogP contribution is -2.37. The minimum atomic E-state index is 0.0313. The molecule has 0 aliphatic carbocycles. The molecule has 33 heavy (non-hydrogen) atoms. The molecule has 0 spiro atoms. The Bertz CT molecular complexity index is 1380. The number of amides is 1. The van der Waals surface area contributed by atoms with Crippen molar-refractivity contribution in [3.05, 3.63) is 92.5 Å². The van der Waals surface area contributed by atoms with Gasteiger partial charge in [-0.1, -0.05) is 57.6 Å². The number of rotatable bonds is 5. The van der Waals surface area contributed by atoms with Crippen LogP contribution >= 0.6 is 27.3 Å². The van der Waals surface area contributed by atoms with Crippen LogP contribution in [-0.4, -0.2) is 38.0 Å². The summed E-state index contributed by atoms with van der Waals surface area (Å²) < 4.78 is 5.83. The standard InChI is InChI=1S/C25H23BrN4O2S/c26-20-6-2-1-5-18(20)9-10-23(31)28-14-11-19(12-15-28)24-27-13-16-29(24)17-30-21-7-3-4-8-22(21)33-25(30)32/h1-10,13,16,19H,11-12,14-15,17H2. The van der Waals surface area contributed by atoms with Gasteiger partial charge in [0.05, 0.1) is 10.2 Å². The summed E-state index contributed by atoms with van der Waals surface area (Å²) in [6, 6.07) is 15.7. The number of hydrogen-bond donors (Lipinski definition) is 0. The summed E-state index contributed by atoms with van der Waals surface area (Å²) in [5.41, 5.74) is 1.93. The molecule has 168 valence electrons. The second-order valence-electron chi connectivity index (χ2n) is 8.11. The third kappa shape index (κ3) is 4.58. The topological polar surface area (TPSA) is 60.1 Å². The van der Waals surface area contributed by atoms with Gasteiger partial charge in [-0.3, -0.25) is 14.2 Å². The molecule has 8 heteroatoms.